The van der Waals surface area contributed by atoms with Crippen LogP contribution in [0, 0.1) is 0 Å². The number of pyridine rings is 1. The average molecular weight is 420 g/mol. The van der Waals surface area contributed by atoms with Gasteiger partial charge >= 0.3 is 12.4 Å². The van der Waals surface area contributed by atoms with E-state index < -0.39 is 30.0 Å². The molecule has 2 aromatic heterocycles. The lowest BCUT2D eigenvalue weighted by Gasteiger charge is -2.14. The molecule has 1 aromatic carbocycles. The molecule has 0 fully saturated rings. The van der Waals surface area contributed by atoms with Crippen LogP contribution in [0.5, 0.6) is 0 Å². The van der Waals surface area contributed by atoms with Gasteiger partial charge in [-0.05, 0) is 25.5 Å². The van der Waals surface area contributed by atoms with Crippen molar-refractivity contribution in [3.63, 3.8) is 0 Å². The molecular weight excluding hydrogens is 402 g/mol. The highest BCUT2D eigenvalue weighted by molar-refractivity contribution is 6.09. The quantitative estimate of drug-likeness (QED) is 0.580. The summed E-state index contributed by atoms with van der Waals surface area (Å²) < 4.78 is 87.0. The molecule has 158 valence electrons. The number of hydrogen-bond acceptors (Lipinski definition) is 2. The lowest BCUT2D eigenvalue weighted by Crippen LogP contribution is -2.19. The summed E-state index contributed by atoms with van der Waals surface area (Å²) in [6.45, 7) is 2.07. The van der Waals surface area contributed by atoms with Crippen molar-refractivity contribution in [1.82, 2.24) is 9.55 Å². The van der Waals surface area contributed by atoms with E-state index in [1.54, 1.807) is 13.8 Å². The molecule has 0 bridgehead atoms. The van der Waals surface area contributed by atoms with Gasteiger partial charge in [-0.3, -0.25) is 4.79 Å². The van der Waals surface area contributed by atoms with Crippen molar-refractivity contribution in [3.05, 3.63) is 45.4 Å². The van der Waals surface area contributed by atoms with Gasteiger partial charge in [0.1, 0.15) is 6.54 Å². The number of aromatic amines is 1. The van der Waals surface area contributed by atoms with Gasteiger partial charge in [-0.25, -0.2) is 0 Å². The van der Waals surface area contributed by atoms with Crippen molar-refractivity contribution in [2.75, 3.05) is 6.61 Å². The molecule has 0 aliphatic carbocycles. The minimum atomic E-state index is -4.86. The molecule has 4 nitrogen and oxygen atoms in total. The number of nitrogens with zero attached hydrogens (tertiary/aromatic N) is 1. The lowest BCUT2D eigenvalue weighted by molar-refractivity contribution is -0.140. The molecule has 0 amide bonds. The lowest BCUT2D eigenvalue weighted by atomic mass is 10.0. The van der Waals surface area contributed by atoms with Crippen molar-refractivity contribution < 1.29 is 31.1 Å². The highest BCUT2D eigenvalue weighted by Gasteiger charge is 2.36. The van der Waals surface area contributed by atoms with Crippen LogP contribution in [0.25, 0.3) is 21.8 Å². The number of aromatic nitrogens is 2. The fraction of sp³-hybridized carbons (Fsp3) is 0.421. The summed E-state index contributed by atoms with van der Waals surface area (Å²) in [6, 6.07) is 2.93. The molecule has 0 atom stereocenters. The molecule has 0 unspecified atom stereocenters. The number of rotatable bonds is 5. The Morgan fingerprint density at radius 2 is 1.76 bits per heavy atom. The zero-order valence-corrected chi connectivity index (χ0v) is 15.6. The molecule has 0 aliphatic heterocycles. The predicted octanol–water partition coefficient (Wildman–Crippen LogP) is 5.16. The van der Waals surface area contributed by atoms with Crippen LogP contribution in [-0.4, -0.2) is 22.3 Å². The fourth-order valence-electron chi connectivity index (χ4n) is 3.68. The van der Waals surface area contributed by atoms with E-state index in [1.165, 1.54) is 12.1 Å². The first-order valence-electron chi connectivity index (χ1n) is 8.89. The summed E-state index contributed by atoms with van der Waals surface area (Å²) in [6.07, 6.45) is -9.26. The van der Waals surface area contributed by atoms with Gasteiger partial charge in [-0.15, -0.1) is 0 Å². The Morgan fingerprint density at radius 3 is 2.31 bits per heavy atom. The SMILES string of the molecule is CCOCc1c(CC)n(CC(F)(F)F)c2ccc3[nH]c(=O)cc(C(F)(F)F)c3c12. The van der Waals surface area contributed by atoms with Crippen molar-refractivity contribution in [2.45, 2.75) is 45.8 Å². The monoisotopic (exact) mass is 420 g/mol. The van der Waals surface area contributed by atoms with Crippen molar-refractivity contribution in [1.29, 1.82) is 0 Å². The van der Waals surface area contributed by atoms with Gasteiger partial charge in [-0.2, -0.15) is 26.3 Å². The standard InChI is InChI=1S/C19H18F6N2O2/c1-3-13-10(8-29-4-2)16-14(27(13)9-18(20,21)22)6-5-12-17(16)11(19(23,24)25)7-15(28)26-12/h5-7H,3-4,8-9H2,1-2H3,(H,26,28). The van der Waals surface area contributed by atoms with Crippen LogP contribution in [-0.2, 0) is 30.5 Å². The summed E-state index contributed by atoms with van der Waals surface area (Å²) in [5.74, 6) is 0. The molecule has 0 saturated carbocycles. The topological polar surface area (TPSA) is 47.0 Å². The third-order valence-electron chi connectivity index (χ3n) is 4.68. The third kappa shape index (κ3) is 3.98. The van der Waals surface area contributed by atoms with E-state index in [1.807, 2.05) is 0 Å². The average Bonchev–Trinajstić information content (AvgIpc) is 2.89. The highest BCUT2D eigenvalue weighted by Crippen LogP contribution is 2.40. The van der Waals surface area contributed by atoms with Crippen molar-refractivity contribution in [3.8, 4) is 0 Å². The summed E-state index contributed by atoms with van der Waals surface area (Å²) >= 11 is 0. The number of ether oxygens (including phenoxy) is 1. The Bertz CT molecular complexity index is 1110. The van der Waals surface area contributed by atoms with Gasteiger partial charge in [0.05, 0.1) is 12.2 Å². The van der Waals surface area contributed by atoms with Gasteiger partial charge in [-0.1, -0.05) is 6.92 Å². The van der Waals surface area contributed by atoms with E-state index in [0.717, 1.165) is 4.57 Å². The van der Waals surface area contributed by atoms with Gasteiger partial charge in [0.25, 0.3) is 0 Å². The van der Waals surface area contributed by atoms with E-state index in [0.29, 0.717) is 6.07 Å². The van der Waals surface area contributed by atoms with Crippen LogP contribution < -0.4 is 5.56 Å². The Hall–Kier alpha value is -2.49. The van der Waals surface area contributed by atoms with Crippen molar-refractivity contribution in [2.24, 2.45) is 0 Å². The Morgan fingerprint density at radius 1 is 1.07 bits per heavy atom. The number of benzene rings is 1. The third-order valence-corrected chi connectivity index (χ3v) is 4.68. The normalized spacial score (nSPS) is 13.0. The minimum Gasteiger partial charge on any atom is -0.377 e. The molecule has 10 heteroatoms. The van der Waals surface area contributed by atoms with Crippen LogP contribution in [0.1, 0.15) is 30.7 Å². The first-order chi connectivity index (χ1) is 13.5. The molecule has 3 aromatic rings. The Labute approximate surface area is 161 Å². The maximum Gasteiger partial charge on any atom is 0.417 e. The number of fused-ring (bicyclic) bond motifs is 3. The van der Waals surface area contributed by atoms with Crippen molar-refractivity contribution >= 4 is 21.8 Å². The molecule has 3 rings (SSSR count). The molecule has 0 saturated heterocycles. The van der Waals surface area contributed by atoms with Crippen LogP contribution in [0.15, 0.2) is 23.0 Å². The van der Waals surface area contributed by atoms with E-state index in [9.17, 15) is 31.1 Å². The second-order valence-electron chi connectivity index (χ2n) is 6.54. The number of hydrogen-bond donors (Lipinski definition) is 1. The molecule has 2 heterocycles. The number of alkyl halides is 6. The largest absolute Gasteiger partial charge is 0.417 e. The van der Waals surface area contributed by atoms with E-state index in [4.69, 9.17) is 4.74 Å². The van der Waals surface area contributed by atoms with Gasteiger partial charge in [0.15, 0.2) is 0 Å². The molecule has 0 aliphatic rings. The molecule has 0 spiro atoms. The zero-order valence-electron chi connectivity index (χ0n) is 15.6. The second kappa shape index (κ2) is 7.40. The van der Waals surface area contributed by atoms with Gasteiger partial charge in [0.2, 0.25) is 5.56 Å². The van der Waals surface area contributed by atoms with Crippen LogP contribution in [0.4, 0.5) is 26.3 Å². The first-order valence-corrected chi connectivity index (χ1v) is 8.89. The first kappa shape index (κ1) is 21.2. The van der Waals surface area contributed by atoms with E-state index in [2.05, 4.69) is 4.98 Å². The summed E-state index contributed by atoms with van der Waals surface area (Å²) in [7, 11) is 0. The smallest absolute Gasteiger partial charge is 0.377 e. The zero-order chi connectivity index (χ0) is 21.6. The van der Waals surface area contributed by atoms with Gasteiger partial charge < -0.3 is 14.3 Å². The summed E-state index contributed by atoms with van der Waals surface area (Å²) in [5.41, 5.74) is -1.71. The molecular formula is C19H18F6N2O2. The number of nitrogens with one attached hydrogen (secondary N) is 1. The summed E-state index contributed by atoms with van der Waals surface area (Å²) in [5, 5.41) is -0.319. The number of H-pyrrole nitrogens is 1. The van der Waals surface area contributed by atoms with Crippen LogP contribution in [0.2, 0.25) is 0 Å². The summed E-state index contributed by atoms with van der Waals surface area (Å²) in [4.78, 5) is 14.1. The minimum absolute atomic E-state index is 0.0129. The second-order valence-corrected chi connectivity index (χ2v) is 6.54. The maximum absolute atomic E-state index is 13.7. The van der Waals surface area contributed by atoms with E-state index >= 15 is 0 Å². The van der Waals surface area contributed by atoms with Crippen LogP contribution >= 0.6 is 0 Å². The predicted molar refractivity (Wildman–Crippen MR) is 95.8 cm³/mol. The Balaban J connectivity index is 2.53. The Kier molecular flexibility index (Phi) is 5.42. The van der Waals surface area contributed by atoms with Gasteiger partial charge in [0, 0.05) is 45.7 Å². The van der Waals surface area contributed by atoms with Crippen LogP contribution in [0.3, 0.4) is 0 Å². The maximum atomic E-state index is 13.7. The highest BCUT2D eigenvalue weighted by atomic mass is 19.4. The molecule has 1 N–H and O–H groups in total. The molecule has 29 heavy (non-hydrogen) atoms. The fourth-order valence-corrected chi connectivity index (χ4v) is 3.68. The molecule has 0 radical (unpaired) electrons. The number of halogens is 6. The van der Waals surface area contributed by atoms with E-state index in [-0.39, 0.29) is 52.7 Å².